The van der Waals surface area contributed by atoms with Crippen LogP contribution in [0.5, 0.6) is 5.75 Å². The molecule has 7 heteroatoms. The second-order valence-electron chi connectivity index (χ2n) is 4.47. The van der Waals surface area contributed by atoms with Gasteiger partial charge in [-0.2, -0.15) is 0 Å². The molecule has 5 nitrogen and oxygen atoms in total. The van der Waals surface area contributed by atoms with E-state index in [1.54, 1.807) is 18.2 Å². The Morgan fingerprint density at radius 1 is 1.09 bits per heavy atom. The summed E-state index contributed by atoms with van der Waals surface area (Å²) in [5.41, 5.74) is 0.580. The molecule has 0 saturated heterocycles. The van der Waals surface area contributed by atoms with Gasteiger partial charge in [-0.3, -0.25) is 4.79 Å². The SMILES string of the molecule is O=C(COC(=O)COc1cccc(F)c1)Nc1cccc(Br)c1. The van der Waals surface area contributed by atoms with Crippen LogP contribution in [-0.2, 0) is 14.3 Å². The van der Waals surface area contributed by atoms with Gasteiger partial charge < -0.3 is 14.8 Å². The van der Waals surface area contributed by atoms with E-state index in [0.717, 1.165) is 10.5 Å². The van der Waals surface area contributed by atoms with Gasteiger partial charge in [0.25, 0.3) is 5.91 Å². The first-order chi connectivity index (χ1) is 11.0. The Kier molecular flexibility index (Phi) is 6.10. The van der Waals surface area contributed by atoms with E-state index in [1.165, 1.54) is 18.2 Å². The number of hydrogen-bond donors (Lipinski definition) is 1. The molecule has 0 aliphatic rings. The van der Waals surface area contributed by atoms with E-state index in [1.807, 2.05) is 6.07 Å². The Bertz CT molecular complexity index is 708. The lowest BCUT2D eigenvalue weighted by molar-refractivity contribution is -0.149. The van der Waals surface area contributed by atoms with E-state index < -0.39 is 30.9 Å². The van der Waals surface area contributed by atoms with Crippen molar-refractivity contribution < 1.29 is 23.5 Å². The summed E-state index contributed by atoms with van der Waals surface area (Å²) in [5.74, 6) is -1.45. The van der Waals surface area contributed by atoms with Crippen LogP contribution in [0.4, 0.5) is 10.1 Å². The summed E-state index contributed by atoms with van der Waals surface area (Å²) in [6, 6.07) is 12.4. The number of benzene rings is 2. The maximum Gasteiger partial charge on any atom is 0.344 e. The number of carbonyl (C=O) groups excluding carboxylic acids is 2. The van der Waals surface area contributed by atoms with Crippen LogP contribution < -0.4 is 10.1 Å². The van der Waals surface area contributed by atoms with Crippen molar-refractivity contribution in [1.29, 1.82) is 0 Å². The Balaban J connectivity index is 1.72. The lowest BCUT2D eigenvalue weighted by Gasteiger charge is -2.08. The largest absolute Gasteiger partial charge is 0.482 e. The third-order valence-electron chi connectivity index (χ3n) is 2.63. The molecule has 0 spiro atoms. The van der Waals surface area contributed by atoms with E-state index in [4.69, 9.17) is 9.47 Å². The first-order valence-corrected chi connectivity index (χ1v) is 7.41. The van der Waals surface area contributed by atoms with Gasteiger partial charge in [0.1, 0.15) is 11.6 Å². The monoisotopic (exact) mass is 381 g/mol. The van der Waals surface area contributed by atoms with E-state index >= 15 is 0 Å². The molecule has 0 saturated carbocycles. The van der Waals surface area contributed by atoms with E-state index in [0.29, 0.717) is 5.69 Å². The average Bonchev–Trinajstić information content (AvgIpc) is 2.51. The van der Waals surface area contributed by atoms with Gasteiger partial charge in [0.15, 0.2) is 13.2 Å². The fourth-order valence-corrected chi connectivity index (χ4v) is 2.05. The van der Waals surface area contributed by atoms with Crippen molar-refractivity contribution >= 4 is 33.5 Å². The molecule has 0 atom stereocenters. The Hall–Kier alpha value is -2.41. The zero-order valence-electron chi connectivity index (χ0n) is 11.9. The van der Waals surface area contributed by atoms with Crippen LogP contribution >= 0.6 is 15.9 Å². The number of amides is 1. The Morgan fingerprint density at radius 2 is 1.87 bits per heavy atom. The third-order valence-corrected chi connectivity index (χ3v) is 3.12. The zero-order chi connectivity index (χ0) is 16.7. The second-order valence-corrected chi connectivity index (χ2v) is 5.38. The maximum atomic E-state index is 12.9. The van der Waals surface area contributed by atoms with Crippen LogP contribution in [0.15, 0.2) is 53.0 Å². The van der Waals surface area contributed by atoms with Crippen LogP contribution in [0.1, 0.15) is 0 Å². The van der Waals surface area contributed by atoms with Crippen LogP contribution in [0.3, 0.4) is 0 Å². The number of ether oxygens (including phenoxy) is 2. The molecule has 2 aromatic rings. The maximum absolute atomic E-state index is 12.9. The van der Waals surface area contributed by atoms with Crippen LogP contribution in [0.25, 0.3) is 0 Å². The minimum atomic E-state index is -0.723. The minimum absolute atomic E-state index is 0.209. The highest BCUT2D eigenvalue weighted by molar-refractivity contribution is 9.10. The first kappa shape index (κ1) is 17.0. The number of halogens is 2. The molecule has 23 heavy (non-hydrogen) atoms. The molecule has 1 N–H and O–H groups in total. The highest BCUT2D eigenvalue weighted by Gasteiger charge is 2.09. The van der Waals surface area contributed by atoms with Gasteiger partial charge in [0.2, 0.25) is 0 Å². The number of nitrogens with one attached hydrogen (secondary N) is 1. The third kappa shape index (κ3) is 6.07. The smallest absolute Gasteiger partial charge is 0.344 e. The van der Waals surface area contributed by atoms with Crippen molar-refractivity contribution in [3.05, 3.63) is 58.8 Å². The van der Waals surface area contributed by atoms with E-state index in [2.05, 4.69) is 21.2 Å². The van der Waals surface area contributed by atoms with E-state index in [9.17, 15) is 14.0 Å². The zero-order valence-corrected chi connectivity index (χ0v) is 13.5. The highest BCUT2D eigenvalue weighted by atomic mass is 79.9. The van der Waals surface area contributed by atoms with Crippen molar-refractivity contribution in [1.82, 2.24) is 0 Å². The molecule has 2 rings (SSSR count). The molecule has 0 fully saturated rings. The van der Waals surface area contributed by atoms with Gasteiger partial charge in [0, 0.05) is 16.2 Å². The van der Waals surface area contributed by atoms with Crippen LogP contribution in [0.2, 0.25) is 0 Å². The number of esters is 1. The summed E-state index contributed by atoms with van der Waals surface area (Å²) >= 11 is 3.28. The van der Waals surface area contributed by atoms with Gasteiger partial charge in [0.05, 0.1) is 0 Å². The Morgan fingerprint density at radius 3 is 2.61 bits per heavy atom. The molecular formula is C16H13BrFNO4. The summed E-state index contributed by atoms with van der Waals surface area (Å²) < 4.78 is 23.6. The molecule has 0 unspecified atom stereocenters. The molecule has 2 aromatic carbocycles. The van der Waals surface area contributed by atoms with Crippen molar-refractivity contribution in [2.75, 3.05) is 18.5 Å². The lowest BCUT2D eigenvalue weighted by Crippen LogP contribution is -2.23. The van der Waals surface area contributed by atoms with Crippen molar-refractivity contribution in [3.8, 4) is 5.75 Å². The molecule has 0 bridgehead atoms. The van der Waals surface area contributed by atoms with Crippen molar-refractivity contribution in [2.24, 2.45) is 0 Å². The molecule has 1 amide bonds. The summed E-state index contributed by atoms with van der Waals surface area (Å²) in [6.07, 6.45) is 0. The number of rotatable bonds is 6. The molecule has 0 aromatic heterocycles. The fraction of sp³-hybridized carbons (Fsp3) is 0.125. The minimum Gasteiger partial charge on any atom is -0.482 e. The summed E-state index contributed by atoms with van der Waals surface area (Å²) in [5, 5.41) is 2.58. The topological polar surface area (TPSA) is 64.6 Å². The van der Waals surface area contributed by atoms with Crippen molar-refractivity contribution in [2.45, 2.75) is 0 Å². The van der Waals surface area contributed by atoms with Crippen LogP contribution in [-0.4, -0.2) is 25.1 Å². The van der Waals surface area contributed by atoms with Gasteiger partial charge >= 0.3 is 5.97 Å². The number of anilines is 1. The van der Waals surface area contributed by atoms with Gasteiger partial charge in [-0.25, -0.2) is 9.18 Å². The number of carbonyl (C=O) groups is 2. The Labute approximate surface area is 140 Å². The predicted octanol–water partition coefficient (Wildman–Crippen LogP) is 3.15. The quantitative estimate of drug-likeness (QED) is 0.780. The molecule has 0 radical (unpaired) electrons. The van der Waals surface area contributed by atoms with Gasteiger partial charge in [-0.1, -0.05) is 28.1 Å². The molecule has 0 aliphatic carbocycles. The molecular weight excluding hydrogens is 369 g/mol. The number of hydrogen-bond acceptors (Lipinski definition) is 4. The average molecular weight is 382 g/mol. The summed E-state index contributed by atoms with van der Waals surface area (Å²) in [6.45, 7) is -0.842. The second kappa shape index (κ2) is 8.28. The fourth-order valence-electron chi connectivity index (χ4n) is 1.65. The van der Waals surface area contributed by atoms with E-state index in [-0.39, 0.29) is 5.75 Å². The van der Waals surface area contributed by atoms with Gasteiger partial charge in [-0.05, 0) is 30.3 Å². The first-order valence-electron chi connectivity index (χ1n) is 6.62. The van der Waals surface area contributed by atoms with Crippen molar-refractivity contribution in [3.63, 3.8) is 0 Å². The van der Waals surface area contributed by atoms with Gasteiger partial charge in [-0.15, -0.1) is 0 Å². The highest BCUT2D eigenvalue weighted by Crippen LogP contribution is 2.15. The standard InChI is InChI=1S/C16H13BrFNO4/c17-11-3-1-5-13(7-11)19-15(20)9-23-16(21)10-22-14-6-2-4-12(18)8-14/h1-8H,9-10H2,(H,19,20). The molecule has 120 valence electrons. The summed E-state index contributed by atoms with van der Waals surface area (Å²) in [4.78, 5) is 23.1. The predicted molar refractivity (Wildman–Crippen MR) is 85.6 cm³/mol. The molecule has 0 heterocycles. The lowest BCUT2D eigenvalue weighted by atomic mass is 10.3. The summed E-state index contributed by atoms with van der Waals surface area (Å²) in [7, 11) is 0. The van der Waals surface area contributed by atoms with Crippen LogP contribution in [0, 0.1) is 5.82 Å². The normalized spacial score (nSPS) is 10.0. The molecule has 0 aliphatic heterocycles.